The normalized spacial score (nSPS) is 12.6. The second kappa shape index (κ2) is 10.5. The summed E-state index contributed by atoms with van der Waals surface area (Å²) in [4.78, 5) is 32.9. The van der Waals surface area contributed by atoms with Crippen LogP contribution in [0, 0.1) is 0 Å². The van der Waals surface area contributed by atoms with E-state index in [1.54, 1.807) is 7.11 Å². The van der Waals surface area contributed by atoms with E-state index in [0.717, 1.165) is 27.9 Å². The van der Waals surface area contributed by atoms with Crippen LogP contribution in [0.1, 0.15) is 23.0 Å². The maximum atomic E-state index is 12.9. The van der Waals surface area contributed by atoms with Gasteiger partial charge in [0.25, 0.3) is 0 Å². The van der Waals surface area contributed by atoms with Gasteiger partial charge in [0.1, 0.15) is 17.6 Å². The Hall–Kier alpha value is -4.33. The number of rotatable bonds is 9. The Morgan fingerprint density at radius 3 is 2.26 bits per heavy atom. The Bertz CT molecular complexity index is 1220. The van der Waals surface area contributed by atoms with Gasteiger partial charge in [0.2, 0.25) is 5.91 Å². The number of nitrogens with one attached hydrogen (secondary N) is 3. The molecule has 8 heteroatoms. The summed E-state index contributed by atoms with van der Waals surface area (Å²) in [5.74, 6) is 0.764. The van der Waals surface area contributed by atoms with Crippen LogP contribution >= 0.6 is 0 Å². The molecule has 0 aliphatic heterocycles. The van der Waals surface area contributed by atoms with Gasteiger partial charge in [-0.05, 0) is 41.8 Å². The molecule has 0 bridgehead atoms. The molecule has 0 saturated carbocycles. The first-order chi connectivity index (χ1) is 16.5. The highest BCUT2D eigenvalue weighted by Crippen LogP contribution is 2.21. The molecule has 5 N–H and O–H groups in total. The molecule has 174 valence electrons. The largest absolute Gasteiger partial charge is 0.497 e. The van der Waals surface area contributed by atoms with Crippen LogP contribution in [-0.2, 0) is 17.6 Å². The number of fused-ring (bicyclic) bond motifs is 1. The number of H-pyrrole nitrogens is 1. The van der Waals surface area contributed by atoms with Crippen molar-refractivity contribution in [2.24, 2.45) is 5.73 Å². The van der Waals surface area contributed by atoms with Gasteiger partial charge in [-0.15, -0.1) is 0 Å². The van der Waals surface area contributed by atoms with Crippen molar-refractivity contribution in [1.82, 2.24) is 20.6 Å². The van der Waals surface area contributed by atoms with Crippen molar-refractivity contribution < 1.29 is 14.3 Å². The first-order valence-corrected chi connectivity index (χ1v) is 11.0. The summed E-state index contributed by atoms with van der Waals surface area (Å²) in [6, 6.07) is 22.9. The second-order valence-corrected chi connectivity index (χ2v) is 8.01. The standard InChI is InChI=1S/C26H27N5O3/c1-34-19-13-11-18(12-14-19)16-23(25-28-20-9-5-6-10-21(20)29-25)31-26(33)30-22(24(27)32)15-17-7-3-2-4-8-17/h2-14,22-23H,15-16H2,1H3,(H2,27,32)(H,28,29)(H2,30,31,33)/t22?,23-/m1/s1. The number of imidazole rings is 1. The van der Waals surface area contributed by atoms with Crippen molar-refractivity contribution in [3.8, 4) is 5.75 Å². The zero-order valence-electron chi connectivity index (χ0n) is 18.8. The van der Waals surface area contributed by atoms with Crippen molar-refractivity contribution >= 4 is 23.0 Å². The fourth-order valence-electron chi connectivity index (χ4n) is 3.78. The molecular weight excluding hydrogens is 430 g/mol. The number of para-hydroxylation sites is 2. The zero-order valence-corrected chi connectivity index (χ0v) is 18.8. The van der Waals surface area contributed by atoms with Crippen molar-refractivity contribution in [3.63, 3.8) is 0 Å². The van der Waals surface area contributed by atoms with Crippen LogP contribution < -0.4 is 21.1 Å². The molecule has 1 aromatic heterocycles. The highest BCUT2D eigenvalue weighted by Gasteiger charge is 2.23. The maximum absolute atomic E-state index is 12.9. The molecule has 8 nitrogen and oxygen atoms in total. The molecule has 0 saturated heterocycles. The number of hydrogen-bond acceptors (Lipinski definition) is 4. The number of ether oxygens (including phenoxy) is 1. The Kier molecular flexibility index (Phi) is 7.07. The van der Waals surface area contributed by atoms with E-state index in [0.29, 0.717) is 18.7 Å². The van der Waals surface area contributed by atoms with Crippen molar-refractivity contribution in [2.75, 3.05) is 7.11 Å². The minimum absolute atomic E-state index is 0.303. The lowest BCUT2D eigenvalue weighted by molar-refractivity contribution is -0.119. The van der Waals surface area contributed by atoms with Crippen LogP contribution in [0.4, 0.5) is 4.79 Å². The summed E-state index contributed by atoms with van der Waals surface area (Å²) in [7, 11) is 1.61. The van der Waals surface area contributed by atoms with E-state index >= 15 is 0 Å². The zero-order chi connectivity index (χ0) is 23.9. The molecule has 0 radical (unpaired) electrons. The first-order valence-electron chi connectivity index (χ1n) is 11.0. The highest BCUT2D eigenvalue weighted by atomic mass is 16.5. The topological polar surface area (TPSA) is 122 Å². The van der Waals surface area contributed by atoms with Crippen LogP contribution in [0.2, 0.25) is 0 Å². The van der Waals surface area contributed by atoms with Crippen LogP contribution in [0.3, 0.4) is 0 Å². The lowest BCUT2D eigenvalue weighted by Crippen LogP contribution is -2.50. The van der Waals surface area contributed by atoms with Crippen molar-refractivity contribution in [2.45, 2.75) is 24.9 Å². The van der Waals surface area contributed by atoms with Gasteiger partial charge in [-0.3, -0.25) is 4.79 Å². The van der Waals surface area contributed by atoms with Crippen LogP contribution in [0.25, 0.3) is 11.0 Å². The third-order valence-corrected chi connectivity index (χ3v) is 5.57. The number of primary amides is 1. The fraction of sp³-hybridized carbons (Fsp3) is 0.192. The van der Waals surface area contributed by atoms with Gasteiger partial charge >= 0.3 is 6.03 Å². The second-order valence-electron chi connectivity index (χ2n) is 8.01. The SMILES string of the molecule is COc1ccc(C[C@@H](NC(=O)NC(Cc2ccccc2)C(N)=O)c2nc3ccccc3[nH]2)cc1. The van der Waals surface area contributed by atoms with Crippen LogP contribution in [0.5, 0.6) is 5.75 Å². The van der Waals surface area contributed by atoms with E-state index in [4.69, 9.17) is 10.5 Å². The first kappa shape index (κ1) is 22.8. The summed E-state index contributed by atoms with van der Waals surface area (Å²) < 4.78 is 5.24. The van der Waals surface area contributed by atoms with Gasteiger partial charge in [0, 0.05) is 6.42 Å². The van der Waals surface area contributed by atoms with E-state index in [-0.39, 0.29) is 0 Å². The van der Waals surface area contributed by atoms with Gasteiger partial charge < -0.3 is 26.1 Å². The predicted molar refractivity (Wildman–Crippen MR) is 130 cm³/mol. The molecule has 1 heterocycles. The molecule has 4 aromatic rings. The molecule has 3 amide bonds. The molecule has 34 heavy (non-hydrogen) atoms. The van der Waals surface area contributed by atoms with Crippen LogP contribution in [-0.4, -0.2) is 35.1 Å². The number of amides is 3. The molecule has 0 fully saturated rings. The number of aromatic amines is 1. The van der Waals surface area contributed by atoms with E-state index in [1.807, 2.05) is 78.9 Å². The Morgan fingerprint density at radius 2 is 1.59 bits per heavy atom. The summed E-state index contributed by atoms with van der Waals surface area (Å²) in [5, 5.41) is 5.68. The van der Waals surface area contributed by atoms with Crippen molar-refractivity contribution in [3.05, 3.63) is 95.8 Å². The monoisotopic (exact) mass is 457 g/mol. The van der Waals surface area contributed by atoms with Gasteiger partial charge in [-0.2, -0.15) is 0 Å². The number of hydrogen-bond donors (Lipinski definition) is 4. The fourth-order valence-corrected chi connectivity index (χ4v) is 3.78. The number of nitrogens with zero attached hydrogens (tertiary/aromatic N) is 1. The number of aromatic nitrogens is 2. The lowest BCUT2D eigenvalue weighted by atomic mass is 10.0. The molecule has 1 unspecified atom stereocenters. The average molecular weight is 458 g/mol. The number of nitrogens with two attached hydrogens (primary N) is 1. The van der Waals surface area contributed by atoms with Crippen molar-refractivity contribution in [1.29, 1.82) is 0 Å². The predicted octanol–water partition coefficient (Wildman–Crippen LogP) is 3.25. The lowest BCUT2D eigenvalue weighted by Gasteiger charge is -2.21. The van der Waals surface area contributed by atoms with E-state index in [1.165, 1.54) is 0 Å². The van der Waals surface area contributed by atoms with Gasteiger partial charge in [-0.25, -0.2) is 9.78 Å². The third-order valence-electron chi connectivity index (χ3n) is 5.57. The number of carbonyl (C=O) groups excluding carboxylic acids is 2. The van der Waals surface area contributed by atoms with Gasteiger partial charge in [0.15, 0.2) is 0 Å². The number of methoxy groups -OCH3 is 1. The summed E-state index contributed by atoms with van der Waals surface area (Å²) in [6.45, 7) is 0. The minimum Gasteiger partial charge on any atom is -0.497 e. The average Bonchev–Trinajstić information content (AvgIpc) is 3.29. The molecule has 4 rings (SSSR count). The number of carbonyl (C=O) groups is 2. The number of urea groups is 1. The number of benzene rings is 3. The summed E-state index contributed by atoms with van der Waals surface area (Å²) >= 11 is 0. The molecule has 3 aromatic carbocycles. The molecule has 0 aliphatic carbocycles. The maximum Gasteiger partial charge on any atom is 0.316 e. The van der Waals surface area contributed by atoms with E-state index in [9.17, 15) is 9.59 Å². The molecule has 2 atom stereocenters. The summed E-state index contributed by atoms with van der Waals surface area (Å²) in [5.41, 5.74) is 9.13. The third kappa shape index (κ3) is 5.72. The Morgan fingerprint density at radius 1 is 0.912 bits per heavy atom. The molecule has 0 spiro atoms. The Balaban J connectivity index is 1.53. The van der Waals surface area contributed by atoms with Gasteiger partial charge in [-0.1, -0.05) is 54.6 Å². The molecular formula is C26H27N5O3. The van der Waals surface area contributed by atoms with E-state index < -0.39 is 24.0 Å². The highest BCUT2D eigenvalue weighted by molar-refractivity contribution is 5.86. The minimum atomic E-state index is -0.847. The summed E-state index contributed by atoms with van der Waals surface area (Å²) in [6.07, 6.45) is 0.786. The van der Waals surface area contributed by atoms with Gasteiger partial charge in [0.05, 0.1) is 24.2 Å². The van der Waals surface area contributed by atoms with Crippen LogP contribution in [0.15, 0.2) is 78.9 Å². The smallest absolute Gasteiger partial charge is 0.316 e. The van der Waals surface area contributed by atoms with E-state index in [2.05, 4.69) is 20.6 Å². The molecule has 0 aliphatic rings. The quantitative estimate of drug-likeness (QED) is 0.308. The Labute approximate surface area is 197 Å².